The van der Waals surface area contributed by atoms with Crippen molar-refractivity contribution >= 4 is 16.9 Å². The van der Waals surface area contributed by atoms with Crippen LogP contribution in [-0.2, 0) is 24.3 Å². The third-order valence-electron chi connectivity index (χ3n) is 5.05. The molecule has 0 aliphatic rings. The minimum absolute atomic E-state index is 0.0412. The Morgan fingerprint density at radius 1 is 1.06 bits per heavy atom. The van der Waals surface area contributed by atoms with Crippen molar-refractivity contribution in [3.8, 4) is 0 Å². The summed E-state index contributed by atoms with van der Waals surface area (Å²) in [7, 11) is 0. The Bertz CT molecular complexity index is 1250. The number of nitrogens with one attached hydrogen (secondary N) is 1. The number of aromatic nitrogens is 4. The molecule has 0 unspecified atom stereocenters. The van der Waals surface area contributed by atoms with Gasteiger partial charge < -0.3 is 5.32 Å². The van der Waals surface area contributed by atoms with Gasteiger partial charge in [0.1, 0.15) is 17.5 Å². The molecule has 1 N–H and O–H groups in total. The highest BCUT2D eigenvalue weighted by Gasteiger charge is 2.12. The standard InChI is InChI=1S/C23H22FN5O2/c24-20-9-5-4-8-18(20)15-28-16-26-22-19(23(28)31)14-27-29(22)13-12-25-21(30)11-10-17-6-2-1-3-7-17/h1-9,14,16H,10-13,15H2,(H,25,30). The van der Waals surface area contributed by atoms with Crippen molar-refractivity contribution in [2.45, 2.75) is 25.9 Å². The third kappa shape index (κ3) is 4.85. The predicted octanol–water partition coefficient (Wildman–Crippen LogP) is 2.53. The van der Waals surface area contributed by atoms with E-state index in [1.165, 1.54) is 23.2 Å². The molecule has 0 radical (unpaired) electrons. The van der Waals surface area contributed by atoms with Crippen LogP contribution in [0.1, 0.15) is 17.5 Å². The van der Waals surface area contributed by atoms with E-state index in [4.69, 9.17) is 0 Å². The summed E-state index contributed by atoms with van der Waals surface area (Å²) in [6.07, 6.45) is 3.94. The summed E-state index contributed by atoms with van der Waals surface area (Å²) in [4.78, 5) is 29.1. The summed E-state index contributed by atoms with van der Waals surface area (Å²) in [5.74, 6) is -0.409. The zero-order valence-electron chi connectivity index (χ0n) is 16.9. The van der Waals surface area contributed by atoms with Gasteiger partial charge in [-0.2, -0.15) is 5.10 Å². The molecule has 0 bridgehead atoms. The van der Waals surface area contributed by atoms with E-state index in [-0.39, 0.29) is 23.8 Å². The van der Waals surface area contributed by atoms with E-state index in [9.17, 15) is 14.0 Å². The van der Waals surface area contributed by atoms with Gasteiger partial charge in [0.15, 0.2) is 5.65 Å². The van der Waals surface area contributed by atoms with E-state index >= 15 is 0 Å². The highest BCUT2D eigenvalue weighted by atomic mass is 19.1. The smallest absolute Gasteiger partial charge is 0.264 e. The van der Waals surface area contributed by atoms with Crippen LogP contribution in [-0.4, -0.2) is 31.8 Å². The molecule has 0 atom stereocenters. The Kier molecular flexibility index (Phi) is 6.16. The van der Waals surface area contributed by atoms with E-state index in [0.29, 0.717) is 42.5 Å². The Morgan fingerprint density at radius 2 is 1.84 bits per heavy atom. The SMILES string of the molecule is O=C(CCc1ccccc1)NCCn1ncc2c(=O)n(Cc3ccccc3F)cnc21. The van der Waals surface area contributed by atoms with Crippen LogP contribution in [0.4, 0.5) is 4.39 Å². The maximum atomic E-state index is 13.9. The molecule has 1 amide bonds. The van der Waals surface area contributed by atoms with E-state index < -0.39 is 0 Å². The molecular weight excluding hydrogens is 397 g/mol. The summed E-state index contributed by atoms with van der Waals surface area (Å²) in [6, 6.07) is 16.2. The molecule has 2 aromatic carbocycles. The minimum atomic E-state index is -0.367. The molecule has 0 aliphatic carbocycles. The number of rotatable bonds is 8. The molecule has 158 valence electrons. The summed E-state index contributed by atoms with van der Waals surface area (Å²) in [5, 5.41) is 7.45. The fraction of sp³-hybridized carbons (Fsp3) is 0.217. The van der Waals surface area contributed by atoms with Crippen LogP contribution >= 0.6 is 0 Å². The number of fused-ring (bicyclic) bond motifs is 1. The average molecular weight is 419 g/mol. The molecule has 7 nitrogen and oxygen atoms in total. The van der Waals surface area contributed by atoms with Crippen molar-refractivity contribution in [3.63, 3.8) is 0 Å². The molecule has 0 fully saturated rings. The van der Waals surface area contributed by atoms with Crippen LogP contribution in [0, 0.1) is 5.82 Å². The lowest BCUT2D eigenvalue weighted by Crippen LogP contribution is -2.28. The normalized spacial score (nSPS) is 11.0. The van der Waals surface area contributed by atoms with Crippen molar-refractivity contribution in [1.82, 2.24) is 24.6 Å². The van der Waals surface area contributed by atoms with Crippen LogP contribution in [0.3, 0.4) is 0 Å². The van der Waals surface area contributed by atoms with Crippen molar-refractivity contribution in [2.24, 2.45) is 0 Å². The monoisotopic (exact) mass is 419 g/mol. The van der Waals surface area contributed by atoms with Crippen molar-refractivity contribution in [3.05, 3.63) is 94.4 Å². The van der Waals surface area contributed by atoms with Gasteiger partial charge >= 0.3 is 0 Å². The molecule has 0 saturated heterocycles. The maximum absolute atomic E-state index is 13.9. The number of nitrogens with zero attached hydrogens (tertiary/aromatic N) is 4. The predicted molar refractivity (Wildman–Crippen MR) is 115 cm³/mol. The van der Waals surface area contributed by atoms with Crippen LogP contribution in [0.5, 0.6) is 0 Å². The highest BCUT2D eigenvalue weighted by Crippen LogP contribution is 2.10. The lowest BCUT2D eigenvalue weighted by atomic mass is 10.1. The molecule has 2 aromatic heterocycles. The summed E-state index contributed by atoms with van der Waals surface area (Å²) in [5.41, 5.74) is 1.68. The molecule has 0 saturated carbocycles. The van der Waals surface area contributed by atoms with Gasteiger partial charge in [0, 0.05) is 18.5 Å². The summed E-state index contributed by atoms with van der Waals surface area (Å²) < 4.78 is 16.8. The van der Waals surface area contributed by atoms with Crippen LogP contribution < -0.4 is 10.9 Å². The number of hydrogen-bond acceptors (Lipinski definition) is 4. The molecule has 0 aliphatic heterocycles. The van der Waals surface area contributed by atoms with E-state index in [1.54, 1.807) is 22.9 Å². The molecule has 31 heavy (non-hydrogen) atoms. The zero-order chi connectivity index (χ0) is 21.6. The number of aryl methyl sites for hydroxylation is 1. The first kappa shape index (κ1) is 20.5. The van der Waals surface area contributed by atoms with Crippen molar-refractivity contribution in [2.75, 3.05) is 6.54 Å². The van der Waals surface area contributed by atoms with Crippen molar-refractivity contribution in [1.29, 1.82) is 0 Å². The molecule has 4 rings (SSSR count). The number of benzene rings is 2. The average Bonchev–Trinajstić information content (AvgIpc) is 3.20. The number of halogens is 1. The first-order valence-corrected chi connectivity index (χ1v) is 10.1. The lowest BCUT2D eigenvalue weighted by molar-refractivity contribution is -0.121. The number of amides is 1. The maximum Gasteiger partial charge on any atom is 0.264 e. The zero-order valence-corrected chi connectivity index (χ0v) is 16.9. The molecular formula is C23H22FN5O2. The Hall–Kier alpha value is -3.81. The second-order valence-electron chi connectivity index (χ2n) is 7.21. The van der Waals surface area contributed by atoms with Gasteiger partial charge in [-0.3, -0.25) is 14.2 Å². The summed E-state index contributed by atoms with van der Waals surface area (Å²) >= 11 is 0. The van der Waals surface area contributed by atoms with Gasteiger partial charge in [0.25, 0.3) is 5.56 Å². The largest absolute Gasteiger partial charge is 0.354 e. The Labute approximate surface area is 178 Å². The van der Waals surface area contributed by atoms with E-state index in [2.05, 4.69) is 15.4 Å². The van der Waals surface area contributed by atoms with E-state index in [0.717, 1.165) is 5.56 Å². The van der Waals surface area contributed by atoms with Crippen LogP contribution in [0.25, 0.3) is 11.0 Å². The highest BCUT2D eigenvalue weighted by molar-refractivity contribution is 5.76. The Balaban J connectivity index is 1.37. The van der Waals surface area contributed by atoms with Gasteiger partial charge in [-0.1, -0.05) is 48.5 Å². The lowest BCUT2D eigenvalue weighted by Gasteiger charge is -2.08. The number of hydrogen-bond donors (Lipinski definition) is 1. The molecule has 4 aromatic rings. The number of carbonyl (C=O) groups is 1. The second-order valence-corrected chi connectivity index (χ2v) is 7.21. The van der Waals surface area contributed by atoms with Gasteiger partial charge in [0.2, 0.25) is 5.91 Å². The number of carbonyl (C=O) groups excluding carboxylic acids is 1. The Morgan fingerprint density at radius 3 is 2.65 bits per heavy atom. The van der Waals surface area contributed by atoms with E-state index in [1.807, 2.05) is 30.3 Å². The fourth-order valence-electron chi connectivity index (χ4n) is 3.38. The fourth-order valence-corrected chi connectivity index (χ4v) is 3.38. The van der Waals surface area contributed by atoms with Gasteiger partial charge in [0.05, 0.1) is 19.3 Å². The third-order valence-corrected chi connectivity index (χ3v) is 5.05. The first-order valence-electron chi connectivity index (χ1n) is 10.1. The second kappa shape index (κ2) is 9.34. The molecule has 0 spiro atoms. The van der Waals surface area contributed by atoms with Gasteiger partial charge in [-0.05, 0) is 18.1 Å². The first-order chi connectivity index (χ1) is 15.1. The topological polar surface area (TPSA) is 81.8 Å². The van der Waals surface area contributed by atoms with Crippen LogP contribution in [0.15, 0.2) is 71.9 Å². The quantitative estimate of drug-likeness (QED) is 0.476. The summed E-state index contributed by atoms with van der Waals surface area (Å²) in [6.45, 7) is 0.867. The molecule has 2 heterocycles. The molecule has 8 heteroatoms. The minimum Gasteiger partial charge on any atom is -0.354 e. The van der Waals surface area contributed by atoms with Gasteiger partial charge in [-0.25, -0.2) is 14.1 Å². The van der Waals surface area contributed by atoms with Crippen LogP contribution in [0.2, 0.25) is 0 Å². The van der Waals surface area contributed by atoms with Crippen molar-refractivity contribution < 1.29 is 9.18 Å². The van der Waals surface area contributed by atoms with Gasteiger partial charge in [-0.15, -0.1) is 0 Å².